The molecule has 1 unspecified atom stereocenters. The third-order valence-corrected chi connectivity index (χ3v) is 14.8. The van der Waals surface area contributed by atoms with E-state index in [0.717, 1.165) is 89.9 Å². The predicted octanol–water partition coefficient (Wildman–Crippen LogP) is 22.6. The third kappa shape index (κ3) is 62.1. The molecule has 0 aromatic carbocycles. The van der Waals surface area contributed by atoms with Gasteiger partial charge in [-0.15, -0.1) is 0 Å². The molecule has 0 saturated heterocycles. The highest BCUT2D eigenvalue weighted by atomic mass is 16.6. The third-order valence-electron chi connectivity index (χ3n) is 14.8. The van der Waals surface area contributed by atoms with Crippen LogP contribution in [0.2, 0.25) is 0 Å². The molecule has 6 heteroatoms. The Hall–Kier alpha value is -2.63. The van der Waals surface area contributed by atoms with Gasteiger partial charge in [0.25, 0.3) is 0 Å². The molecule has 0 bridgehead atoms. The van der Waals surface area contributed by atoms with Crippen LogP contribution in [-0.2, 0) is 28.6 Å². The first kappa shape index (κ1) is 72.4. The number of rotatable bonds is 61. The van der Waals surface area contributed by atoms with Crippen LogP contribution >= 0.6 is 0 Å². The van der Waals surface area contributed by atoms with E-state index in [1.807, 2.05) is 0 Å². The molecular formula is C69H126O6. The molecule has 0 fully saturated rings. The summed E-state index contributed by atoms with van der Waals surface area (Å²) < 4.78 is 16.9. The maximum Gasteiger partial charge on any atom is 0.306 e. The largest absolute Gasteiger partial charge is 0.462 e. The summed E-state index contributed by atoms with van der Waals surface area (Å²) in [6.07, 6.45) is 79.9. The van der Waals surface area contributed by atoms with Gasteiger partial charge >= 0.3 is 17.9 Å². The van der Waals surface area contributed by atoms with Gasteiger partial charge in [-0.2, -0.15) is 0 Å². The lowest BCUT2D eigenvalue weighted by Crippen LogP contribution is -2.30. The van der Waals surface area contributed by atoms with Crippen molar-refractivity contribution >= 4 is 17.9 Å². The Labute approximate surface area is 467 Å². The topological polar surface area (TPSA) is 78.9 Å². The summed E-state index contributed by atoms with van der Waals surface area (Å²) in [6, 6.07) is 0. The highest BCUT2D eigenvalue weighted by molar-refractivity contribution is 5.71. The number of carbonyl (C=O) groups excluding carboxylic acids is 3. The van der Waals surface area contributed by atoms with Crippen LogP contribution < -0.4 is 0 Å². The Morgan fingerprint density at radius 1 is 0.267 bits per heavy atom. The summed E-state index contributed by atoms with van der Waals surface area (Å²) in [6.45, 7) is 6.61. The molecule has 75 heavy (non-hydrogen) atoms. The highest BCUT2D eigenvalue weighted by Gasteiger charge is 2.19. The Morgan fingerprint density at radius 3 is 0.787 bits per heavy atom. The van der Waals surface area contributed by atoms with Gasteiger partial charge in [-0.3, -0.25) is 14.4 Å². The molecule has 0 spiro atoms. The van der Waals surface area contributed by atoms with Gasteiger partial charge in [0.1, 0.15) is 13.2 Å². The zero-order valence-corrected chi connectivity index (χ0v) is 50.3. The van der Waals surface area contributed by atoms with Crippen LogP contribution in [0.15, 0.2) is 48.6 Å². The fourth-order valence-corrected chi connectivity index (χ4v) is 9.81. The summed E-state index contributed by atoms with van der Waals surface area (Å²) in [5.74, 6) is -0.866. The van der Waals surface area contributed by atoms with Crippen molar-refractivity contribution in [2.75, 3.05) is 13.2 Å². The minimum Gasteiger partial charge on any atom is -0.462 e. The minimum atomic E-state index is -0.776. The van der Waals surface area contributed by atoms with Crippen molar-refractivity contribution in [3.05, 3.63) is 48.6 Å². The summed E-state index contributed by atoms with van der Waals surface area (Å²) in [5, 5.41) is 0. The van der Waals surface area contributed by atoms with Crippen molar-refractivity contribution in [3.8, 4) is 0 Å². The van der Waals surface area contributed by atoms with Gasteiger partial charge in [0.2, 0.25) is 0 Å². The van der Waals surface area contributed by atoms with Gasteiger partial charge in [-0.05, 0) is 77.0 Å². The first-order valence-corrected chi connectivity index (χ1v) is 33.1. The van der Waals surface area contributed by atoms with Crippen LogP contribution in [0.4, 0.5) is 0 Å². The number of ether oxygens (including phenoxy) is 3. The normalized spacial score (nSPS) is 12.3. The van der Waals surface area contributed by atoms with Crippen molar-refractivity contribution < 1.29 is 28.6 Å². The standard InChI is InChI=1S/C69H126O6/c1-4-7-10-13-16-19-22-25-27-28-29-30-31-32-33-34-35-36-37-38-39-40-42-44-47-50-53-56-59-62-68(71)74-65-66(64-73-67(70)61-58-55-52-49-46-43-24-21-18-15-12-9-6-3)75-69(72)63-60-57-54-51-48-45-41-26-23-20-17-14-11-8-5-2/h12,15,21-22,24-25,28-29,66H,4-11,13-14,16-20,23,26-27,30-65H2,1-3H3/b15-12-,24-21-,25-22-,29-28-. The van der Waals surface area contributed by atoms with Crippen molar-refractivity contribution in [3.63, 3.8) is 0 Å². The first-order chi connectivity index (χ1) is 37.0. The van der Waals surface area contributed by atoms with Crippen LogP contribution in [0.3, 0.4) is 0 Å². The fourth-order valence-electron chi connectivity index (χ4n) is 9.81. The monoisotopic (exact) mass is 1050 g/mol. The number of allylic oxidation sites excluding steroid dienone is 8. The van der Waals surface area contributed by atoms with E-state index >= 15 is 0 Å². The molecule has 0 N–H and O–H groups in total. The summed E-state index contributed by atoms with van der Waals surface area (Å²) in [7, 11) is 0. The number of unbranched alkanes of at least 4 members (excludes halogenated alkanes) is 42. The zero-order valence-electron chi connectivity index (χ0n) is 50.3. The summed E-state index contributed by atoms with van der Waals surface area (Å²) >= 11 is 0. The van der Waals surface area contributed by atoms with E-state index in [-0.39, 0.29) is 31.1 Å². The van der Waals surface area contributed by atoms with Gasteiger partial charge in [0, 0.05) is 19.3 Å². The van der Waals surface area contributed by atoms with Crippen LogP contribution in [0, 0.1) is 0 Å². The van der Waals surface area contributed by atoms with Crippen LogP contribution in [0.1, 0.15) is 355 Å². The van der Waals surface area contributed by atoms with Gasteiger partial charge in [0.15, 0.2) is 6.10 Å². The predicted molar refractivity (Wildman–Crippen MR) is 325 cm³/mol. The second kappa shape index (κ2) is 63.9. The van der Waals surface area contributed by atoms with Gasteiger partial charge in [0.05, 0.1) is 0 Å². The van der Waals surface area contributed by atoms with Crippen molar-refractivity contribution in [2.24, 2.45) is 0 Å². The second-order valence-corrected chi connectivity index (χ2v) is 22.4. The molecule has 0 aromatic rings. The molecule has 0 saturated carbocycles. The van der Waals surface area contributed by atoms with Crippen LogP contribution in [0.5, 0.6) is 0 Å². The summed E-state index contributed by atoms with van der Waals surface area (Å²) in [4.78, 5) is 38.3. The molecule has 438 valence electrons. The molecule has 0 aliphatic rings. The number of hydrogen-bond donors (Lipinski definition) is 0. The molecule has 0 aliphatic heterocycles. The Bertz CT molecular complexity index is 1300. The number of esters is 3. The molecule has 0 aliphatic carbocycles. The van der Waals surface area contributed by atoms with Crippen LogP contribution in [-0.4, -0.2) is 37.2 Å². The van der Waals surface area contributed by atoms with Crippen molar-refractivity contribution in [2.45, 2.75) is 361 Å². The van der Waals surface area contributed by atoms with E-state index in [4.69, 9.17) is 14.2 Å². The van der Waals surface area contributed by atoms with E-state index in [0.29, 0.717) is 19.3 Å². The van der Waals surface area contributed by atoms with Gasteiger partial charge in [-0.25, -0.2) is 0 Å². The molecule has 0 heterocycles. The first-order valence-electron chi connectivity index (χ1n) is 33.1. The second-order valence-electron chi connectivity index (χ2n) is 22.4. The van der Waals surface area contributed by atoms with Crippen molar-refractivity contribution in [1.82, 2.24) is 0 Å². The average molecular weight is 1050 g/mol. The van der Waals surface area contributed by atoms with E-state index in [1.54, 1.807) is 0 Å². The van der Waals surface area contributed by atoms with Crippen LogP contribution in [0.25, 0.3) is 0 Å². The fraction of sp³-hybridized carbons (Fsp3) is 0.841. The highest BCUT2D eigenvalue weighted by Crippen LogP contribution is 2.18. The average Bonchev–Trinajstić information content (AvgIpc) is 3.41. The summed E-state index contributed by atoms with van der Waals surface area (Å²) in [5.41, 5.74) is 0. The lowest BCUT2D eigenvalue weighted by atomic mass is 10.0. The van der Waals surface area contributed by atoms with E-state index in [2.05, 4.69) is 69.4 Å². The van der Waals surface area contributed by atoms with E-state index in [1.165, 1.54) is 225 Å². The van der Waals surface area contributed by atoms with Gasteiger partial charge < -0.3 is 14.2 Å². The smallest absolute Gasteiger partial charge is 0.306 e. The lowest BCUT2D eigenvalue weighted by molar-refractivity contribution is -0.167. The Morgan fingerprint density at radius 2 is 0.507 bits per heavy atom. The minimum absolute atomic E-state index is 0.0729. The number of carbonyl (C=O) groups is 3. The maximum atomic E-state index is 12.9. The maximum absolute atomic E-state index is 12.9. The molecule has 0 radical (unpaired) electrons. The quantitative estimate of drug-likeness (QED) is 0.0261. The Kier molecular flexibility index (Phi) is 61.7. The lowest BCUT2D eigenvalue weighted by Gasteiger charge is -2.18. The van der Waals surface area contributed by atoms with E-state index in [9.17, 15) is 14.4 Å². The molecule has 1 atom stereocenters. The van der Waals surface area contributed by atoms with Crippen molar-refractivity contribution in [1.29, 1.82) is 0 Å². The number of hydrogen-bond acceptors (Lipinski definition) is 6. The molecular weight excluding hydrogens is 925 g/mol. The van der Waals surface area contributed by atoms with Gasteiger partial charge in [-0.1, -0.05) is 307 Å². The molecule has 0 aromatic heterocycles. The molecule has 0 amide bonds. The van der Waals surface area contributed by atoms with E-state index < -0.39 is 6.10 Å². The molecule has 6 nitrogen and oxygen atoms in total. The Balaban J connectivity index is 4.17. The molecule has 0 rings (SSSR count). The zero-order chi connectivity index (χ0) is 54.3. The SMILES string of the molecule is CCC/C=C\C/C=C\CCCCCCCC(=O)OCC(COC(=O)CCCCCCCCCCCCCCCCCCC/C=C\C/C=C\CCCCCCC)OC(=O)CCCCCCCCCCCCCCCCC.